The molecule has 4 nitrogen and oxygen atoms in total. The highest BCUT2D eigenvalue weighted by molar-refractivity contribution is 5.91. The largest absolute Gasteiger partial charge is 0.490 e. The number of esters is 1. The minimum absolute atomic E-state index is 0.264. The number of carbonyl (C=O) groups excluding carboxylic acids is 1. The lowest BCUT2D eigenvalue weighted by Gasteiger charge is -2.20. The molecule has 0 aromatic heterocycles. The monoisotopic (exact) mass is 486 g/mol. The highest BCUT2D eigenvalue weighted by Crippen LogP contribution is 2.28. The number of hydrogen-bond acceptors (Lipinski definition) is 4. The molecule has 0 aliphatic heterocycles. The average Bonchev–Trinajstić information content (AvgIpc) is 2.84. The molecule has 2 aromatic rings. The van der Waals surface area contributed by atoms with Gasteiger partial charge in [-0.25, -0.2) is 9.18 Å². The number of unbranched alkanes of at least 4 members (excludes halogenated alkanes) is 7. The summed E-state index contributed by atoms with van der Waals surface area (Å²) in [6.45, 7) is 8.52. The number of hydrogen-bond donors (Lipinski definition) is 0. The molecule has 0 spiro atoms. The molecular formula is C30H43FO4. The second-order valence-corrected chi connectivity index (χ2v) is 9.65. The van der Waals surface area contributed by atoms with Crippen molar-refractivity contribution in [1.29, 1.82) is 0 Å². The molecule has 0 saturated heterocycles. The maximum Gasteiger partial charge on any atom is 0.343 e. The summed E-state index contributed by atoms with van der Waals surface area (Å²) in [6, 6.07) is 13.8. The van der Waals surface area contributed by atoms with Crippen LogP contribution in [0, 0.1) is 5.92 Å². The minimum atomic E-state index is -1.04. The molecule has 2 aromatic carbocycles. The molecule has 0 radical (unpaired) electrons. The Morgan fingerprint density at radius 1 is 0.829 bits per heavy atom. The number of carbonyl (C=O) groups is 1. The van der Waals surface area contributed by atoms with E-state index >= 15 is 0 Å². The Balaban J connectivity index is 1.81. The smallest absolute Gasteiger partial charge is 0.343 e. The van der Waals surface area contributed by atoms with Gasteiger partial charge in [0, 0.05) is 0 Å². The van der Waals surface area contributed by atoms with Crippen LogP contribution in [0.4, 0.5) is 4.39 Å². The molecule has 194 valence electrons. The number of para-hydroxylation sites is 2. The standard InChI is InChI=1S/C30H43FO4/c1-5-6-7-8-9-10-11-14-21-33-28-15-12-13-16-29(28)35-30(32)25-17-19-26(20-18-25)34-24(4)27(31)22-23(2)3/h12-13,15-20,23-24,27H,5-11,14,21-22H2,1-4H3/t24-,27-/m0/s1. The number of benzene rings is 2. The fourth-order valence-electron chi connectivity index (χ4n) is 3.83. The number of rotatable bonds is 17. The summed E-state index contributed by atoms with van der Waals surface area (Å²) in [4.78, 5) is 12.7. The third-order valence-corrected chi connectivity index (χ3v) is 5.93. The van der Waals surface area contributed by atoms with Crippen LogP contribution >= 0.6 is 0 Å². The molecule has 0 aliphatic rings. The summed E-state index contributed by atoms with van der Waals surface area (Å²) in [5.41, 5.74) is 0.391. The van der Waals surface area contributed by atoms with Gasteiger partial charge in [-0.2, -0.15) is 0 Å². The van der Waals surface area contributed by atoms with Crippen molar-refractivity contribution in [3.8, 4) is 17.2 Å². The summed E-state index contributed by atoms with van der Waals surface area (Å²) in [7, 11) is 0. The van der Waals surface area contributed by atoms with Crippen molar-refractivity contribution < 1.29 is 23.4 Å². The van der Waals surface area contributed by atoms with E-state index in [9.17, 15) is 9.18 Å². The Bertz CT molecular complexity index is 850. The lowest BCUT2D eigenvalue weighted by molar-refractivity contribution is 0.0727. The maximum absolute atomic E-state index is 14.2. The summed E-state index contributed by atoms with van der Waals surface area (Å²) in [5.74, 6) is 1.28. The fourth-order valence-corrected chi connectivity index (χ4v) is 3.83. The summed E-state index contributed by atoms with van der Waals surface area (Å²) >= 11 is 0. The summed E-state index contributed by atoms with van der Waals surface area (Å²) in [5, 5.41) is 0. The van der Waals surface area contributed by atoms with Gasteiger partial charge in [0.15, 0.2) is 11.5 Å². The third kappa shape index (κ3) is 11.1. The molecule has 0 amide bonds. The van der Waals surface area contributed by atoms with Crippen LogP contribution in [0.1, 0.15) is 95.8 Å². The SMILES string of the molecule is CCCCCCCCCCOc1ccccc1OC(=O)c1ccc(O[C@@H](C)[C@@H](F)CC(C)C)cc1. The predicted molar refractivity (Wildman–Crippen MR) is 140 cm³/mol. The Morgan fingerprint density at radius 2 is 1.43 bits per heavy atom. The zero-order valence-corrected chi connectivity index (χ0v) is 21.9. The van der Waals surface area contributed by atoms with Crippen molar-refractivity contribution in [2.45, 2.75) is 97.8 Å². The summed E-state index contributed by atoms with van der Waals surface area (Å²) < 4.78 is 31.4. The molecule has 0 aliphatic carbocycles. The van der Waals surface area contributed by atoms with E-state index in [2.05, 4.69) is 6.92 Å². The van der Waals surface area contributed by atoms with Crippen LogP contribution in [0.2, 0.25) is 0 Å². The lowest BCUT2D eigenvalue weighted by atomic mass is 10.0. The first-order valence-electron chi connectivity index (χ1n) is 13.3. The van der Waals surface area contributed by atoms with Crippen molar-refractivity contribution in [3.63, 3.8) is 0 Å². The molecule has 35 heavy (non-hydrogen) atoms. The van der Waals surface area contributed by atoms with Gasteiger partial charge < -0.3 is 14.2 Å². The van der Waals surface area contributed by atoms with Gasteiger partial charge in [-0.05, 0) is 62.1 Å². The average molecular weight is 487 g/mol. The van der Waals surface area contributed by atoms with Crippen molar-refractivity contribution in [2.75, 3.05) is 6.61 Å². The van der Waals surface area contributed by atoms with E-state index < -0.39 is 18.2 Å². The van der Waals surface area contributed by atoms with E-state index in [0.29, 0.717) is 35.8 Å². The van der Waals surface area contributed by atoms with Gasteiger partial charge >= 0.3 is 5.97 Å². The Morgan fingerprint density at radius 3 is 2.06 bits per heavy atom. The minimum Gasteiger partial charge on any atom is -0.490 e. The Hall–Kier alpha value is -2.56. The quantitative estimate of drug-likeness (QED) is 0.128. The first-order valence-corrected chi connectivity index (χ1v) is 13.3. The molecular weight excluding hydrogens is 443 g/mol. The molecule has 0 heterocycles. The van der Waals surface area contributed by atoms with Gasteiger partial charge in [0.2, 0.25) is 0 Å². The fraction of sp³-hybridized carbons (Fsp3) is 0.567. The first kappa shape index (κ1) is 28.7. The van der Waals surface area contributed by atoms with Gasteiger partial charge in [-0.1, -0.05) is 77.8 Å². The van der Waals surface area contributed by atoms with Crippen LogP contribution in [0.5, 0.6) is 17.2 Å². The van der Waals surface area contributed by atoms with Crippen LogP contribution in [-0.4, -0.2) is 24.9 Å². The predicted octanol–water partition coefficient (Wildman–Crippen LogP) is 8.58. The number of halogens is 1. The van der Waals surface area contributed by atoms with E-state index in [1.54, 1.807) is 37.3 Å². The van der Waals surface area contributed by atoms with E-state index in [-0.39, 0.29) is 5.92 Å². The van der Waals surface area contributed by atoms with Crippen molar-refractivity contribution in [2.24, 2.45) is 5.92 Å². The zero-order chi connectivity index (χ0) is 25.5. The molecule has 0 N–H and O–H groups in total. The Kier molecular flexibility index (Phi) is 13.3. The van der Waals surface area contributed by atoms with E-state index in [1.807, 2.05) is 32.0 Å². The van der Waals surface area contributed by atoms with Crippen LogP contribution in [0.3, 0.4) is 0 Å². The van der Waals surface area contributed by atoms with Crippen molar-refractivity contribution in [1.82, 2.24) is 0 Å². The highest BCUT2D eigenvalue weighted by atomic mass is 19.1. The van der Waals surface area contributed by atoms with E-state index in [1.165, 1.54) is 38.5 Å². The maximum atomic E-state index is 14.2. The van der Waals surface area contributed by atoms with E-state index in [0.717, 1.165) is 12.8 Å². The van der Waals surface area contributed by atoms with Gasteiger partial charge in [0.05, 0.1) is 12.2 Å². The third-order valence-electron chi connectivity index (χ3n) is 5.93. The zero-order valence-electron chi connectivity index (χ0n) is 21.9. The Labute approximate surface area is 211 Å². The second kappa shape index (κ2) is 16.2. The van der Waals surface area contributed by atoms with Crippen LogP contribution in [-0.2, 0) is 0 Å². The molecule has 2 atom stereocenters. The van der Waals surface area contributed by atoms with Crippen LogP contribution in [0.25, 0.3) is 0 Å². The summed E-state index contributed by atoms with van der Waals surface area (Å²) in [6.07, 6.45) is 8.73. The number of alkyl halides is 1. The van der Waals surface area contributed by atoms with Crippen LogP contribution in [0.15, 0.2) is 48.5 Å². The lowest BCUT2D eigenvalue weighted by Crippen LogP contribution is -2.26. The van der Waals surface area contributed by atoms with Crippen molar-refractivity contribution in [3.05, 3.63) is 54.1 Å². The van der Waals surface area contributed by atoms with Gasteiger partial charge in [-0.3, -0.25) is 0 Å². The normalized spacial score (nSPS) is 12.9. The topological polar surface area (TPSA) is 44.8 Å². The molecule has 0 saturated carbocycles. The van der Waals surface area contributed by atoms with Gasteiger partial charge in [-0.15, -0.1) is 0 Å². The second-order valence-electron chi connectivity index (χ2n) is 9.65. The molecule has 2 rings (SSSR count). The molecule has 5 heteroatoms. The van der Waals surface area contributed by atoms with Crippen LogP contribution < -0.4 is 14.2 Å². The van der Waals surface area contributed by atoms with Gasteiger partial charge in [0.25, 0.3) is 0 Å². The van der Waals surface area contributed by atoms with Gasteiger partial charge in [0.1, 0.15) is 18.0 Å². The highest BCUT2D eigenvalue weighted by Gasteiger charge is 2.19. The van der Waals surface area contributed by atoms with E-state index in [4.69, 9.17) is 14.2 Å². The first-order chi connectivity index (χ1) is 16.9. The molecule has 0 unspecified atom stereocenters. The van der Waals surface area contributed by atoms with Crippen molar-refractivity contribution >= 4 is 5.97 Å². The molecule has 0 fully saturated rings. The number of ether oxygens (including phenoxy) is 3. The molecule has 0 bridgehead atoms.